The minimum absolute atomic E-state index is 0.0217. The number of benzene rings is 1. The summed E-state index contributed by atoms with van der Waals surface area (Å²) in [5.41, 5.74) is 6.55. The molecule has 1 aliphatic rings. The second-order valence-electron chi connectivity index (χ2n) is 4.42. The molecule has 1 fully saturated rings. The summed E-state index contributed by atoms with van der Waals surface area (Å²) in [6, 6.07) is 3.43. The Hall–Kier alpha value is -1.44. The van der Waals surface area contributed by atoms with E-state index in [0.717, 1.165) is 0 Å². The van der Waals surface area contributed by atoms with Crippen LogP contribution in [-0.4, -0.2) is 33.5 Å². The Balaban J connectivity index is 2.24. The normalized spacial score (nSPS) is 19.4. The molecule has 1 aromatic carbocycles. The van der Waals surface area contributed by atoms with E-state index >= 15 is 0 Å². The number of ether oxygens (including phenoxy) is 1. The molecule has 110 valence electrons. The highest BCUT2D eigenvalue weighted by Crippen LogP contribution is 2.44. The van der Waals surface area contributed by atoms with Gasteiger partial charge in [0.05, 0.1) is 6.61 Å². The number of aliphatic carboxylic acids is 1. The zero-order chi connectivity index (χ0) is 14.9. The number of carbonyl (C=O) groups is 1. The molecule has 5 N–H and O–H groups in total. The molecule has 0 radical (unpaired) electrons. The number of nitrogens with two attached hydrogens (primary N) is 1. The highest BCUT2D eigenvalue weighted by Gasteiger charge is 2.31. The molecule has 1 saturated heterocycles. The summed E-state index contributed by atoms with van der Waals surface area (Å²) in [5.74, 6) is -1.10. The minimum atomic E-state index is -4.66. The van der Waals surface area contributed by atoms with Crippen LogP contribution in [0.2, 0.25) is 0 Å². The number of phosphoric ester groups is 1. The molecule has 1 heterocycles. The van der Waals surface area contributed by atoms with Crippen molar-refractivity contribution in [1.29, 1.82) is 0 Å². The van der Waals surface area contributed by atoms with Gasteiger partial charge in [-0.3, -0.25) is 14.6 Å². The molecular weight excluding hydrogens is 289 g/mol. The van der Waals surface area contributed by atoms with Gasteiger partial charge in [0.1, 0.15) is 17.9 Å². The molecule has 2 unspecified atom stereocenters. The first-order chi connectivity index (χ1) is 9.26. The molecule has 8 nitrogen and oxygen atoms in total. The van der Waals surface area contributed by atoms with Gasteiger partial charge < -0.3 is 20.1 Å². The average Bonchev–Trinajstić information content (AvgIpc) is 3.13. The van der Waals surface area contributed by atoms with E-state index < -0.39 is 19.8 Å². The molecule has 1 aromatic rings. The third-order valence-electron chi connectivity index (χ3n) is 2.74. The summed E-state index contributed by atoms with van der Waals surface area (Å²) < 4.78 is 20.5. The molecule has 0 aromatic heterocycles. The molecule has 9 heteroatoms. The van der Waals surface area contributed by atoms with Crippen molar-refractivity contribution in [3.05, 3.63) is 29.3 Å². The van der Waals surface area contributed by atoms with Crippen molar-refractivity contribution in [2.45, 2.75) is 18.6 Å². The highest BCUT2D eigenvalue weighted by atomic mass is 31.2. The summed E-state index contributed by atoms with van der Waals surface area (Å²) in [7, 11) is -4.66. The fourth-order valence-corrected chi connectivity index (χ4v) is 2.18. The molecule has 0 amide bonds. The van der Waals surface area contributed by atoms with Crippen LogP contribution in [0.1, 0.15) is 17.2 Å². The van der Waals surface area contributed by atoms with Gasteiger partial charge in [-0.15, -0.1) is 0 Å². The van der Waals surface area contributed by atoms with Crippen molar-refractivity contribution in [2.75, 3.05) is 6.61 Å². The van der Waals surface area contributed by atoms with E-state index in [1.54, 1.807) is 6.07 Å². The minimum Gasteiger partial charge on any atom is -0.480 e. The quantitative estimate of drug-likeness (QED) is 0.430. The van der Waals surface area contributed by atoms with E-state index in [1.165, 1.54) is 12.1 Å². The second kappa shape index (κ2) is 5.51. The van der Waals surface area contributed by atoms with Crippen molar-refractivity contribution in [2.24, 2.45) is 5.73 Å². The zero-order valence-electron chi connectivity index (χ0n) is 10.3. The van der Waals surface area contributed by atoms with Gasteiger partial charge in [0.15, 0.2) is 0 Å². The van der Waals surface area contributed by atoms with E-state index in [0.29, 0.717) is 17.7 Å². The van der Waals surface area contributed by atoms with Crippen LogP contribution in [0.4, 0.5) is 0 Å². The molecule has 20 heavy (non-hydrogen) atoms. The Bertz CT molecular complexity index is 566. The largest absolute Gasteiger partial charge is 0.524 e. The SMILES string of the molecule is NC(Cc1ccc(OP(=O)(O)O)c(C2CO2)c1)C(=O)O. The van der Waals surface area contributed by atoms with Gasteiger partial charge in [0.25, 0.3) is 0 Å². The van der Waals surface area contributed by atoms with Gasteiger partial charge in [-0.25, -0.2) is 4.57 Å². The molecule has 2 rings (SSSR count). The van der Waals surface area contributed by atoms with E-state index in [4.69, 9.17) is 25.4 Å². The van der Waals surface area contributed by atoms with Crippen LogP contribution >= 0.6 is 7.82 Å². The molecule has 0 spiro atoms. The first kappa shape index (κ1) is 15.0. The second-order valence-corrected chi connectivity index (χ2v) is 5.59. The van der Waals surface area contributed by atoms with Gasteiger partial charge >= 0.3 is 13.8 Å². The molecule has 1 aliphatic heterocycles. The third kappa shape index (κ3) is 4.03. The number of hydrogen-bond donors (Lipinski definition) is 4. The number of carboxylic acid groups (broad SMARTS) is 1. The van der Waals surface area contributed by atoms with Crippen molar-refractivity contribution < 1.29 is 33.5 Å². The smallest absolute Gasteiger partial charge is 0.480 e. The van der Waals surface area contributed by atoms with Crippen LogP contribution < -0.4 is 10.3 Å². The van der Waals surface area contributed by atoms with Gasteiger partial charge in [-0.05, 0) is 24.1 Å². The number of carboxylic acids is 1. The van der Waals surface area contributed by atoms with Crippen LogP contribution in [0.5, 0.6) is 5.75 Å². The van der Waals surface area contributed by atoms with Gasteiger partial charge in [-0.2, -0.15) is 0 Å². The maximum atomic E-state index is 10.9. The van der Waals surface area contributed by atoms with Crippen molar-refractivity contribution in [3.8, 4) is 5.75 Å². The average molecular weight is 303 g/mol. The van der Waals surface area contributed by atoms with E-state index in [2.05, 4.69) is 4.52 Å². The summed E-state index contributed by atoms with van der Waals surface area (Å²) in [6.07, 6.45) is -0.192. The van der Waals surface area contributed by atoms with Crippen LogP contribution in [-0.2, 0) is 20.5 Å². The summed E-state index contributed by atoms with van der Waals surface area (Å²) in [6.45, 7) is 0.423. The van der Waals surface area contributed by atoms with E-state index in [9.17, 15) is 9.36 Å². The zero-order valence-corrected chi connectivity index (χ0v) is 11.2. The lowest BCUT2D eigenvalue weighted by atomic mass is 10.0. The first-order valence-electron chi connectivity index (χ1n) is 5.74. The first-order valence-corrected chi connectivity index (χ1v) is 7.27. The van der Waals surface area contributed by atoms with Crippen molar-refractivity contribution in [1.82, 2.24) is 0 Å². The molecule has 0 aliphatic carbocycles. The molecular formula is C11H14NO7P. The van der Waals surface area contributed by atoms with Crippen LogP contribution in [0.15, 0.2) is 18.2 Å². The number of rotatable bonds is 6. The van der Waals surface area contributed by atoms with Crippen molar-refractivity contribution >= 4 is 13.8 Å². The highest BCUT2D eigenvalue weighted by molar-refractivity contribution is 7.46. The van der Waals surface area contributed by atoms with Gasteiger partial charge in [0.2, 0.25) is 0 Å². The number of phosphoric acid groups is 1. The Morgan fingerprint density at radius 3 is 2.70 bits per heavy atom. The van der Waals surface area contributed by atoms with Crippen LogP contribution in [0.3, 0.4) is 0 Å². The van der Waals surface area contributed by atoms with E-state index in [-0.39, 0.29) is 18.3 Å². The lowest BCUT2D eigenvalue weighted by Gasteiger charge is -2.13. The Morgan fingerprint density at radius 2 is 2.20 bits per heavy atom. The maximum absolute atomic E-state index is 10.9. The molecule has 2 atom stereocenters. The fourth-order valence-electron chi connectivity index (χ4n) is 1.76. The molecule has 0 bridgehead atoms. The van der Waals surface area contributed by atoms with Crippen LogP contribution in [0.25, 0.3) is 0 Å². The monoisotopic (exact) mass is 303 g/mol. The predicted molar refractivity (Wildman–Crippen MR) is 67.1 cm³/mol. The standard InChI is InChI=1S/C11H14NO7P/c12-8(11(13)14)4-6-1-2-9(19-20(15,16)17)7(3-6)10-5-18-10/h1-3,8,10H,4-5,12H2,(H,13,14)(H2,15,16,17). The van der Waals surface area contributed by atoms with E-state index in [1.807, 2.05) is 0 Å². The summed E-state index contributed by atoms with van der Waals surface area (Å²) in [4.78, 5) is 28.4. The van der Waals surface area contributed by atoms with Crippen molar-refractivity contribution in [3.63, 3.8) is 0 Å². The lowest BCUT2D eigenvalue weighted by molar-refractivity contribution is -0.138. The fraction of sp³-hybridized carbons (Fsp3) is 0.364. The lowest BCUT2D eigenvalue weighted by Crippen LogP contribution is -2.32. The number of hydrogen-bond acceptors (Lipinski definition) is 5. The Labute approximate surface area is 114 Å². The summed E-state index contributed by atoms with van der Waals surface area (Å²) >= 11 is 0. The Morgan fingerprint density at radius 1 is 1.55 bits per heavy atom. The topological polar surface area (TPSA) is 143 Å². The maximum Gasteiger partial charge on any atom is 0.524 e. The van der Waals surface area contributed by atoms with Gasteiger partial charge in [0, 0.05) is 5.56 Å². The summed E-state index contributed by atoms with van der Waals surface area (Å²) in [5, 5.41) is 8.76. The molecule has 0 saturated carbocycles. The Kier molecular flexibility index (Phi) is 4.12. The third-order valence-corrected chi connectivity index (χ3v) is 3.18. The predicted octanol–water partition coefficient (Wildman–Crippen LogP) is 0.184. The van der Waals surface area contributed by atoms with Crippen LogP contribution in [0, 0.1) is 0 Å². The number of epoxide rings is 1. The van der Waals surface area contributed by atoms with Gasteiger partial charge in [-0.1, -0.05) is 6.07 Å².